The molecule has 0 heterocycles. The van der Waals surface area contributed by atoms with Crippen molar-refractivity contribution in [2.24, 2.45) is 0 Å². The average molecular weight is 198 g/mol. The Kier molecular flexibility index (Phi) is 2.94. The molecule has 0 unspecified atom stereocenters. The molecule has 2 nitrogen and oxygen atoms in total. The standard InChI is InChI=1S/C10H12ClNO/c1-7(13)9-5-4-8(12(2)3)6-10(9)11/h4-6H,1-3H3. The third-order valence-corrected chi connectivity index (χ3v) is 2.16. The van der Waals surface area contributed by atoms with Gasteiger partial charge in [-0.2, -0.15) is 0 Å². The van der Waals surface area contributed by atoms with Crippen LogP contribution in [0.2, 0.25) is 5.02 Å². The van der Waals surface area contributed by atoms with Crippen LogP contribution in [0.3, 0.4) is 0 Å². The lowest BCUT2D eigenvalue weighted by Crippen LogP contribution is -2.08. The van der Waals surface area contributed by atoms with Gasteiger partial charge in [0, 0.05) is 25.3 Å². The SMILES string of the molecule is CC(=O)c1ccc(N(C)C)cc1Cl. The molecule has 0 amide bonds. The number of benzene rings is 1. The highest BCUT2D eigenvalue weighted by Crippen LogP contribution is 2.22. The third kappa shape index (κ3) is 2.22. The van der Waals surface area contributed by atoms with Crippen molar-refractivity contribution in [2.45, 2.75) is 6.92 Å². The van der Waals surface area contributed by atoms with Gasteiger partial charge in [0.2, 0.25) is 0 Å². The molecular formula is C10H12ClNO. The Balaban J connectivity index is 3.13. The number of carbonyl (C=O) groups is 1. The average Bonchev–Trinajstić information content (AvgIpc) is 2.03. The van der Waals surface area contributed by atoms with E-state index in [1.807, 2.05) is 25.1 Å². The topological polar surface area (TPSA) is 20.3 Å². The van der Waals surface area contributed by atoms with E-state index in [4.69, 9.17) is 11.6 Å². The maximum absolute atomic E-state index is 11.0. The molecule has 0 radical (unpaired) electrons. The third-order valence-electron chi connectivity index (χ3n) is 1.85. The van der Waals surface area contributed by atoms with Crippen LogP contribution in [0.25, 0.3) is 0 Å². The van der Waals surface area contributed by atoms with E-state index in [2.05, 4.69) is 0 Å². The second kappa shape index (κ2) is 3.79. The summed E-state index contributed by atoms with van der Waals surface area (Å²) < 4.78 is 0. The van der Waals surface area contributed by atoms with E-state index in [0.29, 0.717) is 10.6 Å². The van der Waals surface area contributed by atoms with E-state index < -0.39 is 0 Å². The fourth-order valence-corrected chi connectivity index (χ4v) is 1.38. The highest BCUT2D eigenvalue weighted by molar-refractivity contribution is 6.34. The first-order chi connectivity index (χ1) is 6.02. The maximum Gasteiger partial charge on any atom is 0.161 e. The van der Waals surface area contributed by atoms with E-state index in [0.717, 1.165) is 5.69 Å². The van der Waals surface area contributed by atoms with E-state index >= 15 is 0 Å². The van der Waals surface area contributed by atoms with Gasteiger partial charge in [-0.15, -0.1) is 0 Å². The number of carbonyl (C=O) groups excluding carboxylic acids is 1. The summed E-state index contributed by atoms with van der Waals surface area (Å²) in [6.07, 6.45) is 0. The van der Waals surface area contributed by atoms with Crippen LogP contribution in [0.4, 0.5) is 5.69 Å². The van der Waals surface area contributed by atoms with Gasteiger partial charge in [-0.25, -0.2) is 0 Å². The molecule has 0 aromatic heterocycles. The number of halogens is 1. The number of hydrogen-bond donors (Lipinski definition) is 0. The number of Topliss-reactive ketones (excluding diaryl/α,β-unsaturated/α-hetero) is 1. The van der Waals surface area contributed by atoms with Crippen molar-refractivity contribution < 1.29 is 4.79 Å². The number of ketones is 1. The van der Waals surface area contributed by atoms with Gasteiger partial charge in [0.15, 0.2) is 5.78 Å². The summed E-state index contributed by atoms with van der Waals surface area (Å²) in [7, 11) is 3.86. The molecule has 0 N–H and O–H groups in total. The van der Waals surface area contributed by atoms with Gasteiger partial charge in [0.1, 0.15) is 0 Å². The van der Waals surface area contributed by atoms with Crippen LogP contribution in [0.5, 0.6) is 0 Å². The second-order valence-electron chi connectivity index (χ2n) is 3.11. The van der Waals surface area contributed by atoms with Crippen LogP contribution in [-0.4, -0.2) is 19.9 Å². The van der Waals surface area contributed by atoms with Gasteiger partial charge < -0.3 is 4.90 Å². The van der Waals surface area contributed by atoms with E-state index in [1.54, 1.807) is 12.1 Å². The molecule has 0 aliphatic heterocycles. The highest BCUT2D eigenvalue weighted by Gasteiger charge is 2.06. The van der Waals surface area contributed by atoms with Crippen molar-refractivity contribution in [3.8, 4) is 0 Å². The molecular weight excluding hydrogens is 186 g/mol. The number of hydrogen-bond acceptors (Lipinski definition) is 2. The lowest BCUT2D eigenvalue weighted by Gasteiger charge is -2.13. The summed E-state index contributed by atoms with van der Waals surface area (Å²) in [5.41, 5.74) is 1.57. The first kappa shape index (κ1) is 10.1. The second-order valence-corrected chi connectivity index (χ2v) is 3.52. The van der Waals surface area contributed by atoms with E-state index in [1.165, 1.54) is 6.92 Å². The van der Waals surface area contributed by atoms with Crippen LogP contribution in [0.15, 0.2) is 18.2 Å². The summed E-state index contributed by atoms with van der Waals surface area (Å²) in [6.45, 7) is 1.51. The molecule has 1 rings (SSSR count). The molecule has 0 saturated heterocycles. The van der Waals surface area contributed by atoms with Gasteiger partial charge in [-0.05, 0) is 25.1 Å². The Bertz CT molecular complexity index is 334. The van der Waals surface area contributed by atoms with Crippen molar-refractivity contribution in [3.05, 3.63) is 28.8 Å². The molecule has 3 heteroatoms. The minimum absolute atomic E-state index is 0.00435. The zero-order valence-electron chi connectivity index (χ0n) is 7.97. The van der Waals surface area contributed by atoms with Gasteiger partial charge in [0.05, 0.1) is 5.02 Å². The zero-order valence-corrected chi connectivity index (χ0v) is 8.72. The number of anilines is 1. The fraction of sp³-hybridized carbons (Fsp3) is 0.300. The van der Waals surface area contributed by atoms with Gasteiger partial charge in [-0.3, -0.25) is 4.79 Å². The summed E-state index contributed by atoms with van der Waals surface area (Å²) in [5, 5.41) is 0.513. The quantitative estimate of drug-likeness (QED) is 0.680. The Labute approximate surface area is 83.1 Å². The molecule has 70 valence electrons. The number of nitrogens with zero attached hydrogens (tertiary/aromatic N) is 1. The van der Waals surface area contributed by atoms with Gasteiger partial charge in [0.25, 0.3) is 0 Å². The van der Waals surface area contributed by atoms with Gasteiger partial charge >= 0.3 is 0 Å². The largest absolute Gasteiger partial charge is 0.378 e. The normalized spacial score (nSPS) is 9.85. The molecule has 0 aliphatic carbocycles. The van der Waals surface area contributed by atoms with Crippen molar-refractivity contribution in [2.75, 3.05) is 19.0 Å². The van der Waals surface area contributed by atoms with E-state index in [-0.39, 0.29) is 5.78 Å². The molecule has 13 heavy (non-hydrogen) atoms. The van der Waals surface area contributed by atoms with Crippen LogP contribution < -0.4 is 4.90 Å². The predicted octanol–water partition coefficient (Wildman–Crippen LogP) is 2.61. The molecule has 0 aliphatic rings. The molecule has 0 spiro atoms. The lowest BCUT2D eigenvalue weighted by atomic mass is 10.1. The minimum Gasteiger partial charge on any atom is -0.378 e. The van der Waals surface area contributed by atoms with Crippen molar-refractivity contribution in [1.82, 2.24) is 0 Å². The Morgan fingerprint density at radius 1 is 1.38 bits per heavy atom. The Morgan fingerprint density at radius 2 is 2.00 bits per heavy atom. The summed E-state index contributed by atoms with van der Waals surface area (Å²) in [6, 6.07) is 5.42. The fourth-order valence-electron chi connectivity index (χ4n) is 1.07. The van der Waals surface area contributed by atoms with E-state index in [9.17, 15) is 4.79 Å². The highest BCUT2D eigenvalue weighted by atomic mass is 35.5. The van der Waals surface area contributed by atoms with Crippen molar-refractivity contribution in [1.29, 1.82) is 0 Å². The molecule has 1 aromatic rings. The monoisotopic (exact) mass is 197 g/mol. The van der Waals surface area contributed by atoms with Crippen molar-refractivity contribution >= 4 is 23.1 Å². The predicted molar refractivity (Wildman–Crippen MR) is 55.8 cm³/mol. The smallest absolute Gasteiger partial charge is 0.161 e. The molecule has 1 aromatic carbocycles. The summed E-state index contributed by atoms with van der Waals surface area (Å²) >= 11 is 5.92. The van der Waals surface area contributed by atoms with Crippen molar-refractivity contribution in [3.63, 3.8) is 0 Å². The lowest BCUT2D eigenvalue weighted by molar-refractivity contribution is 0.101. The number of rotatable bonds is 2. The minimum atomic E-state index is -0.00435. The van der Waals surface area contributed by atoms with Crippen LogP contribution in [0, 0.1) is 0 Å². The van der Waals surface area contributed by atoms with Crippen LogP contribution in [0.1, 0.15) is 17.3 Å². The van der Waals surface area contributed by atoms with Crippen LogP contribution >= 0.6 is 11.6 Å². The zero-order chi connectivity index (χ0) is 10.0. The Morgan fingerprint density at radius 3 is 2.38 bits per heavy atom. The summed E-state index contributed by atoms with van der Waals surface area (Å²) in [5.74, 6) is -0.00435. The first-order valence-corrected chi connectivity index (χ1v) is 4.38. The molecule has 0 bridgehead atoms. The van der Waals surface area contributed by atoms with Gasteiger partial charge in [-0.1, -0.05) is 11.6 Å². The van der Waals surface area contributed by atoms with Crippen LogP contribution in [-0.2, 0) is 0 Å². The maximum atomic E-state index is 11.0. The summed E-state index contributed by atoms with van der Waals surface area (Å²) in [4.78, 5) is 13.0. The molecule has 0 saturated carbocycles. The molecule has 0 fully saturated rings. The first-order valence-electron chi connectivity index (χ1n) is 4.00. The Hall–Kier alpha value is -1.02. The molecule has 0 atom stereocenters.